The molecule has 1 atom stereocenters. The van der Waals surface area contributed by atoms with Gasteiger partial charge in [-0.3, -0.25) is 9.69 Å². The number of amides is 1. The molecule has 2 aliphatic rings. The number of rotatable bonds is 5. The maximum atomic E-state index is 12.3. The van der Waals surface area contributed by atoms with Crippen LogP contribution in [0.3, 0.4) is 0 Å². The smallest absolute Gasteiger partial charge is 0.251 e. The second-order valence-corrected chi connectivity index (χ2v) is 6.88. The summed E-state index contributed by atoms with van der Waals surface area (Å²) in [6.07, 6.45) is 1.62. The fourth-order valence-corrected chi connectivity index (χ4v) is 3.57. The van der Waals surface area contributed by atoms with Crippen molar-refractivity contribution in [3.63, 3.8) is 0 Å². The van der Waals surface area contributed by atoms with E-state index in [1.165, 1.54) is 0 Å². The normalized spacial score (nSPS) is 21.9. The van der Waals surface area contributed by atoms with E-state index in [1.807, 2.05) is 4.90 Å². The first-order chi connectivity index (χ1) is 11.6. The average Bonchev–Trinajstić information content (AvgIpc) is 3.12. The lowest BCUT2D eigenvalue weighted by Gasteiger charge is -2.35. The summed E-state index contributed by atoms with van der Waals surface area (Å²) in [5.41, 5.74) is 0. The van der Waals surface area contributed by atoms with Gasteiger partial charge in [0.2, 0.25) is 0 Å². The van der Waals surface area contributed by atoms with Gasteiger partial charge in [0.25, 0.3) is 5.91 Å². The van der Waals surface area contributed by atoms with E-state index in [4.69, 9.17) is 32.7 Å². The predicted octanol–water partition coefficient (Wildman–Crippen LogP) is 2.70. The molecule has 0 aliphatic carbocycles. The number of carbonyl (C=O) groups excluding carboxylic acids is 1. The number of carbonyl (C=O) groups is 1. The van der Waals surface area contributed by atoms with Crippen LogP contribution >= 0.6 is 23.2 Å². The van der Waals surface area contributed by atoms with Crippen molar-refractivity contribution < 1.29 is 14.3 Å². The first-order valence-electron chi connectivity index (χ1n) is 8.34. The number of halogens is 2. The fraction of sp³-hybridized carbons (Fsp3) is 0.588. The third-order valence-electron chi connectivity index (χ3n) is 4.46. The number of ether oxygens (including phenoxy) is 2. The Labute approximate surface area is 152 Å². The molecule has 132 valence electrons. The molecule has 2 heterocycles. The topological polar surface area (TPSA) is 42.0 Å². The van der Waals surface area contributed by atoms with Crippen molar-refractivity contribution in [1.82, 2.24) is 9.80 Å². The van der Waals surface area contributed by atoms with Crippen LogP contribution in [0.25, 0.3) is 0 Å². The number of benzene rings is 1. The van der Waals surface area contributed by atoms with E-state index in [0.29, 0.717) is 29.0 Å². The van der Waals surface area contributed by atoms with E-state index >= 15 is 0 Å². The summed E-state index contributed by atoms with van der Waals surface area (Å²) >= 11 is 12.2. The Morgan fingerprint density at radius 3 is 2.54 bits per heavy atom. The first-order valence-corrected chi connectivity index (χ1v) is 9.10. The molecule has 0 aromatic heterocycles. The highest BCUT2D eigenvalue weighted by atomic mass is 35.5. The molecule has 3 rings (SSSR count). The van der Waals surface area contributed by atoms with Gasteiger partial charge in [0.05, 0.1) is 10.0 Å². The molecule has 0 saturated carbocycles. The Balaban J connectivity index is 1.40. The minimum atomic E-state index is -0.220. The van der Waals surface area contributed by atoms with E-state index in [2.05, 4.69) is 4.90 Å². The molecule has 0 spiro atoms. The standard InChI is InChI=1S/C17H22Cl2N2O3/c18-13-3-1-4-14(19)16(13)24-12-10-20-6-8-21(9-7-20)17(22)15-5-2-11-23-15/h1,3-4,15H,2,5-12H2. The molecule has 1 aromatic carbocycles. The van der Waals surface area contributed by atoms with E-state index in [0.717, 1.165) is 45.6 Å². The Morgan fingerprint density at radius 2 is 1.92 bits per heavy atom. The third-order valence-corrected chi connectivity index (χ3v) is 5.06. The lowest BCUT2D eigenvalue weighted by Crippen LogP contribution is -2.52. The van der Waals surface area contributed by atoms with Gasteiger partial charge in [0.15, 0.2) is 5.75 Å². The summed E-state index contributed by atoms with van der Waals surface area (Å²) in [5, 5.41) is 1.05. The van der Waals surface area contributed by atoms with Crippen LogP contribution in [0, 0.1) is 0 Å². The van der Waals surface area contributed by atoms with Gasteiger partial charge in [-0.1, -0.05) is 29.3 Å². The number of para-hydroxylation sites is 1. The van der Waals surface area contributed by atoms with Crippen LogP contribution in [0.5, 0.6) is 5.75 Å². The fourth-order valence-electron chi connectivity index (χ4n) is 3.07. The molecule has 2 fully saturated rings. The van der Waals surface area contributed by atoms with Crippen molar-refractivity contribution in [3.05, 3.63) is 28.2 Å². The van der Waals surface area contributed by atoms with Crippen molar-refractivity contribution in [1.29, 1.82) is 0 Å². The minimum Gasteiger partial charge on any atom is -0.489 e. The molecule has 1 unspecified atom stereocenters. The molecular formula is C17H22Cl2N2O3. The van der Waals surface area contributed by atoms with Crippen LogP contribution in [0.2, 0.25) is 10.0 Å². The van der Waals surface area contributed by atoms with Crippen LogP contribution in [0.4, 0.5) is 0 Å². The monoisotopic (exact) mass is 372 g/mol. The zero-order valence-electron chi connectivity index (χ0n) is 13.5. The van der Waals surface area contributed by atoms with Crippen molar-refractivity contribution >= 4 is 29.1 Å². The molecule has 5 nitrogen and oxygen atoms in total. The third kappa shape index (κ3) is 4.33. The number of hydrogen-bond acceptors (Lipinski definition) is 4. The van der Waals surface area contributed by atoms with E-state index in [9.17, 15) is 4.79 Å². The highest BCUT2D eigenvalue weighted by Gasteiger charge is 2.30. The number of hydrogen-bond donors (Lipinski definition) is 0. The van der Waals surface area contributed by atoms with Crippen molar-refractivity contribution in [3.8, 4) is 5.75 Å². The lowest BCUT2D eigenvalue weighted by atomic mass is 10.2. The summed E-state index contributed by atoms with van der Waals surface area (Å²) in [6, 6.07) is 5.32. The molecule has 2 saturated heterocycles. The van der Waals surface area contributed by atoms with Crippen LogP contribution in [-0.4, -0.2) is 67.7 Å². The average molecular weight is 373 g/mol. The van der Waals surface area contributed by atoms with Crippen LogP contribution in [-0.2, 0) is 9.53 Å². The number of nitrogens with zero attached hydrogens (tertiary/aromatic N) is 2. The highest BCUT2D eigenvalue weighted by Crippen LogP contribution is 2.32. The molecule has 7 heteroatoms. The summed E-state index contributed by atoms with van der Waals surface area (Å²) < 4.78 is 11.2. The lowest BCUT2D eigenvalue weighted by molar-refractivity contribution is -0.142. The van der Waals surface area contributed by atoms with Crippen LogP contribution in [0.1, 0.15) is 12.8 Å². The Hall–Kier alpha value is -1.01. The van der Waals surface area contributed by atoms with Crippen molar-refractivity contribution in [2.75, 3.05) is 45.9 Å². The summed E-state index contributed by atoms with van der Waals surface area (Å²) in [7, 11) is 0. The second kappa shape index (κ2) is 8.39. The molecule has 0 bridgehead atoms. The maximum Gasteiger partial charge on any atom is 0.251 e. The zero-order valence-corrected chi connectivity index (χ0v) is 15.1. The summed E-state index contributed by atoms with van der Waals surface area (Å²) in [5.74, 6) is 0.680. The van der Waals surface area contributed by atoms with Crippen molar-refractivity contribution in [2.45, 2.75) is 18.9 Å². The van der Waals surface area contributed by atoms with Gasteiger partial charge in [-0.05, 0) is 25.0 Å². The molecule has 0 N–H and O–H groups in total. The number of piperazine rings is 1. The van der Waals surface area contributed by atoms with Gasteiger partial charge in [-0.2, -0.15) is 0 Å². The largest absolute Gasteiger partial charge is 0.489 e. The van der Waals surface area contributed by atoms with E-state index in [-0.39, 0.29) is 12.0 Å². The van der Waals surface area contributed by atoms with Gasteiger partial charge in [-0.25, -0.2) is 0 Å². The minimum absolute atomic E-state index is 0.145. The Kier molecular flexibility index (Phi) is 6.22. The second-order valence-electron chi connectivity index (χ2n) is 6.07. The molecule has 24 heavy (non-hydrogen) atoms. The molecule has 0 radical (unpaired) electrons. The maximum absolute atomic E-state index is 12.3. The van der Waals surface area contributed by atoms with Gasteiger partial charge in [-0.15, -0.1) is 0 Å². The van der Waals surface area contributed by atoms with E-state index in [1.54, 1.807) is 18.2 Å². The van der Waals surface area contributed by atoms with Gasteiger partial charge < -0.3 is 14.4 Å². The van der Waals surface area contributed by atoms with Gasteiger partial charge in [0.1, 0.15) is 12.7 Å². The SMILES string of the molecule is O=C(C1CCCO1)N1CCN(CCOc2c(Cl)cccc2Cl)CC1. The quantitative estimate of drug-likeness (QED) is 0.796. The van der Waals surface area contributed by atoms with E-state index < -0.39 is 0 Å². The van der Waals surface area contributed by atoms with Gasteiger partial charge in [0, 0.05) is 39.3 Å². The van der Waals surface area contributed by atoms with Crippen molar-refractivity contribution in [2.24, 2.45) is 0 Å². The van der Waals surface area contributed by atoms with Gasteiger partial charge >= 0.3 is 0 Å². The molecule has 1 amide bonds. The van der Waals surface area contributed by atoms with Crippen LogP contribution in [0.15, 0.2) is 18.2 Å². The Morgan fingerprint density at radius 1 is 1.21 bits per heavy atom. The molecule has 1 aromatic rings. The highest BCUT2D eigenvalue weighted by molar-refractivity contribution is 6.37. The predicted molar refractivity (Wildman–Crippen MR) is 94.0 cm³/mol. The molecule has 2 aliphatic heterocycles. The molecular weight excluding hydrogens is 351 g/mol. The Bertz CT molecular complexity index is 551. The zero-order chi connectivity index (χ0) is 16.9. The first kappa shape index (κ1) is 17.8. The summed E-state index contributed by atoms with van der Waals surface area (Å²) in [6.45, 7) is 5.18. The summed E-state index contributed by atoms with van der Waals surface area (Å²) in [4.78, 5) is 16.5. The van der Waals surface area contributed by atoms with Crippen LogP contribution < -0.4 is 4.74 Å².